The summed E-state index contributed by atoms with van der Waals surface area (Å²) in [4.78, 5) is 38.6. The highest BCUT2D eigenvalue weighted by Gasteiger charge is 2.24. The number of nitrogens with zero attached hydrogens (tertiary/aromatic N) is 1. The van der Waals surface area contributed by atoms with Gasteiger partial charge >= 0.3 is 5.97 Å². The average Bonchev–Trinajstić information content (AvgIpc) is 2.73. The van der Waals surface area contributed by atoms with Crippen LogP contribution in [-0.4, -0.2) is 29.2 Å². The zero-order valence-corrected chi connectivity index (χ0v) is 16.5. The van der Waals surface area contributed by atoms with Crippen molar-refractivity contribution in [3.63, 3.8) is 0 Å². The van der Waals surface area contributed by atoms with Crippen LogP contribution in [0, 0.1) is 6.92 Å². The second-order valence-electron chi connectivity index (χ2n) is 6.76. The number of anilines is 1. The van der Waals surface area contributed by atoms with Gasteiger partial charge in [0.15, 0.2) is 0 Å². The van der Waals surface area contributed by atoms with Crippen molar-refractivity contribution in [3.05, 3.63) is 96.1 Å². The molecule has 0 spiro atoms. The fourth-order valence-electron chi connectivity index (χ4n) is 3.00. The van der Waals surface area contributed by atoms with Crippen LogP contribution in [0.15, 0.2) is 72.5 Å². The minimum atomic E-state index is -1.00. The number of ether oxygens (including phenoxy) is 1. The predicted molar refractivity (Wildman–Crippen MR) is 113 cm³/mol. The number of carbonyl (C=O) groups excluding carboxylic acids is 3. The molecule has 1 aliphatic rings. The lowest BCUT2D eigenvalue weighted by atomic mass is 10.1. The van der Waals surface area contributed by atoms with Crippen molar-refractivity contribution in [2.45, 2.75) is 13.2 Å². The molecule has 7 heteroatoms. The van der Waals surface area contributed by atoms with Gasteiger partial charge in [0.25, 0.3) is 11.8 Å². The lowest BCUT2D eigenvalue weighted by Crippen LogP contribution is -2.38. The Hall–Kier alpha value is -3.87. The Kier molecular flexibility index (Phi) is 6.32. The van der Waals surface area contributed by atoms with E-state index in [1.54, 1.807) is 66.9 Å². The summed E-state index contributed by atoms with van der Waals surface area (Å²) in [5.41, 5.74) is 8.21. The van der Waals surface area contributed by atoms with Gasteiger partial charge in [0, 0.05) is 35.5 Å². The first kappa shape index (κ1) is 20.9. The van der Waals surface area contributed by atoms with Crippen molar-refractivity contribution in [1.29, 1.82) is 0 Å². The van der Waals surface area contributed by atoms with Crippen LogP contribution in [0.2, 0.25) is 0 Å². The van der Waals surface area contributed by atoms with Crippen molar-refractivity contribution in [2.24, 2.45) is 0 Å². The van der Waals surface area contributed by atoms with Crippen molar-refractivity contribution in [1.82, 2.24) is 10.2 Å². The molecule has 30 heavy (non-hydrogen) atoms. The summed E-state index contributed by atoms with van der Waals surface area (Å²) in [7, 11) is 0. The third-order valence-corrected chi connectivity index (χ3v) is 4.46. The molecular formula is C23H22N3O4. The number of allylic oxidation sites excluding steroid dienone is 2. The zero-order valence-electron chi connectivity index (χ0n) is 16.5. The van der Waals surface area contributed by atoms with Crippen LogP contribution < -0.4 is 11.1 Å². The maximum absolute atomic E-state index is 12.8. The third kappa shape index (κ3) is 4.94. The Bertz CT molecular complexity index is 1040. The molecule has 0 saturated heterocycles. The number of nitrogen functional groups attached to an aromatic ring is 1. The molecule has 153 valence electrons. The molecule has 2 aromatic carbocycles. The number of amides is 2. The molecule has 7 nitrogen and oxygen atoms in total. The molecule has 0 saturated carbocycles. The fraction of sp³-hybridized carbons (Fsp3) is 0.130. The summed E-state index contributed by atoms with van der Waals surface area (Å²) in [5, 5.41) is 2.68. The average molecular weight is 404 g/mol. The topological polar surface area (TPSA) is 102 Å². The Balaban J connectivity index is 1.74. The molecular weight excluding hydrogens is 382 g/mol. The molecule has 1 aliphatic heterocycles. The van der Waals surface area contributed by atoms with Crippen LogP contribution in [0.5, 0.6) is 0 Å². The van der Waals surface area contributed by atoms with Crippen molar-refractivity contribution < 1.29 is 19.1 Å². The number of nitrogens with one attached hydrogen (secondary N) is 1. The molecule has 1 atom stereocenters. The Morgan fingerprint density at radius 3 is 2.63 bits per heavy atom. The minimum Gasteiger partial charge on any atom is -0.437 e. The number of carbonyl (C=O) groups is 3. The highest BCUT2D eigenvalue weighted by atomic mass is 16.6. The minimum absolute atomic E-state index is 0.0687. The molecule has 1 heterocycles. The largest absolute Gasteiger partial charge is 0.437 e. The van der Waals surface area contributed by atoms with Gasteiger partial charge in [0.05, 0.1) is 6.54 Å². The van der Waals surface area contributed by atoms with Gasteiger partial charge in [-0.15, -0.1) is 0 Å². The van der Waals surface area contributed by atoms with Crippen LogP contribution in [0.25, 0.3) is 0 Å². The molecule has 3 N–H and O–H groups in total. The Morgan fingerprint density at radius 2 is 1.93 bits per heavy atom. The first-order valence-electron chi connectivity index (χ1n) is 9.28. The Morgan fingerprint density at radius 1 is 1.17 bits per heavy atom. The molecule has 0 unspecified atom stereocenters. The van der Waals surface area contributed by atoms with E-state index in [4.69, 9.17) is 10.5 Å². The van der Waals surface area contributed by atoms with Gasteiger partial charge in [-0.25, -0.2) is 0 Å². The number of hydrogen-bond donors (Lipinski definition) is 2. The number of benzene rings is 2. The lowest BCUT2D eigenvalue weighted by Gasteiger charge is -2.25. The van der Waals surface area contributed by atoms with Gasteiger partial charge in [0.1, 0.15) is 0 Å². The quantitative estimate of drug-likeness (QED) is 0.453. The second kappa shape index (κ2) is 9.09. The van der Waals surface area contributed by atoms with E-state index in [1.165, 1.54) is 11.8 Å². The third-order valence-electron chi connectivity index (χ3n) is 4.46. The van der Waals surface area contributed by atoms with E-state index in [9.17, 15) is 14.4 Å². The first-order valence-corrected chi connectivity index (χ1v) is 9.28. The van der Waals surface area contributed by atoms with Crippen molar-refractivity contribution in [3.8, 4) is 0 Å². The summed E-state index contributed by atoms with van der Waals surface area (Å²) in [6, 6.07) is 13.7. The van der Waals surface area contributed by atoms with E-state index in [0.29, 0.717) is 28.0 Å². The number of rotatable bonds is 5. The highest BCUT2D eigenvalue weighted by molar-refractivity contribution is 5.99. The maximum Gasteiger partial charge on any atom is 0.304 e. The Labute approximate surface area is 174 Å². The SMILES string of the molecule is [CH2]c1ccccc1C(=O)N1C=CC=C(C(=O)N[C@@H](OC(C)=O)c2cccc(N)c2)C1. The van der Waals surface area contributed by atoms with Gasteiger partial charge in [-0.1, -0.05) is 36.4 Å². The first-order chi connectivity index (χ1) is 14.3. The summed E-state index contributed by atoms with van der Waals surface area (Å²) in [6.45, 7) is 5.20. The van der Waals surface area contributed by atoms with Crippen molar-refractivity contribution in [2.75, 3.05) is 12.3 Å². The monoisotopic (exact) mass is 404 g/mol. The van der Waals surface area contributed by atoms with Crippen LogP contribution in [0.3, 0.4) is 0 Å². The fourth-order valence-corrected chi connectivity index (χ4v) is 3.00. The molecule has 2 aromatic rings. The van der Waals surface area contributed by atoms with E-state index in [2.05, 4.69) is 12.2 Å². The van der Waals surface area contributed by atoms with Gasteiger partial charge in [0.2, 0.25) is 6.23 Å². The smallest absolute Gasteiger partial charge is 0.304 e. The van der Waals surface area contributed by atoms with Gasteiger partial charge in [-0.05, 0) is 36.8 Å². The summed E-state index contributed by atoms with van der Waals surface area (Å²) >= 11 is 0. The lowest BCUT2D eigenvalue weighted by molar-refractivity contribution is -0.149. The maximum atomic E-state index is 12.8. The number of esters is 1. The van der Waals surface area contributed by atoms with Crippen LogP contribution >= 0.6 is 0 Å². The van der Waals surface area contributed by atoms with Crippen LogP contribution in [0.4, 0.5) is 5.69 Å². The zero-order chi connectivity index (χ0) is 21.7. The van der Waals surface area contributed by atoms with Gasteiger partial charge in [-0.3, -0.25) is 14.4 Å². The van der Waals surface area contributed by atoms with Crippen LogP contribution in [0.1, 0.15) is 34.6 Å². The van der Waals surface area contributed by atoms with Crippen molar-refractivity contribution >= 4 is 23.5 Å². The summed E-state index contributed by atoms with van der Waals surface area (Å²) < 4.78 is 5.25. The van der Waals surface area contributed by atoms with E-state index in [1.807, 2.05) is 0 Å². The second-order valence-corrected chi connectivity index (χ2v) is 6.76. The molecule has 1 radical (unpaired) electrons. The van der Waals surface area contributed by atoms with E-state index >= 15 is 0 Å². The number of nitrogens with two attached hydrogens (primary N) is 1. The highest BCUT2D eigenvalue weighted by Crippen LogP contribution is 2.20. The normalized spacial score (nSPS) is 13.9. The molecule has 3 rings (SSSR count). The molecule has 0 bridgehead atoms. The summed E-state index contributed by atoms with van der Waals surface area (Å²) in [5.74, 6) is -1.28. The predicted octanol–water partition coefficient (Wildman–Crippen LogP) is 2.72. The van der Waals surface area contributed by atoms with E-state index < -0.39 is 18.1 Å². The summed E-state index contributed by atoms with van der Waals surface area (Å²) in [6.07, 6.45) is 3.82. The van der Waals surface area contributed by atoms with E-state index in [0.717, 1.165) is 0 Å². The standard InChI is InChI=1S/C23H22N3O4/c1-15-7-3-4-11-20(15)23(29)26-12-6-9-18(14-26)21(28)25-22(30-16(2)27)17-8-5-10-19(24)13-17/h3-13,22H,1,14,24H2,2H3,(H,25,28)/t22-/m0/s1. The van der Waals surface area contributed by atoms with Gasteiger partial charge < -0.3 is 20.7 Å². The van der Waals surface area contributed by atoms with Gasteiger partial charge in [-0.2, -0.15) is 0 Å². The number of hydrogen-bond acceptors (Lipinski definition) is 5. The van der Waals surface area contributed by atoms with Crippen LogP contribution in [-0.2, 0) is 14.3 Å². The molecule has 0 aliphatic carbocycles. The van der Waals surface area contributed by atoms with E-state index in [-0.39, 0.29) is 12.5 Å². The molecule has 0 fully saturated rings. The molecule has 0 aromatic heterocycles. The molecule has 2 amide bonds.